The lowest BCUT2D eigenvalue weighted by Crippen LogP contribution is -2.32. The first kappa shape index (κ1) is 16.1. The van der Waals surface area contributed by atoms with Crippen molar-refractivity contribution < 1.29 is 4.39 Å². The molecule has 1 rings (SSSR count). The molecule has 19 heavy (non-hydrogen) atoms. The molecule has 0 aliphatic rings. The Morgan fingerprint density at radius 1 is 1.16 bits per heavy atom. The highest BCUT2D eigenvalue weighted by molar-refractivity contribution is 5.24. The van der Waals surface area contributed by atoms with Crippen LogP contribution in [0.2, 0.25) is 0 Å². The molecule has 0 aliphatic carbocycles. The Balaban J connectivity index is 2.67. The van der Waals surface area contributed by atoms with E-state index in [2.05, 4.69) is 30.8 Å². The van der Waals surface area contributed by atoms with Crippen molar-refractivity contribution in [2.24, 2.45) is 5.73 Å². The van der Waals surface area contributed by atoms with Gasteiger partial charge in [-0.05, 0) is 38.7 Å². The van der Waals surface area contributed by atoms with Gasteiger partial charge in [0.2, 0.25) is 0 Å². The van der Waals surface area contributed by atoms with Gasteiger partial charge >= 0.3 is 0 Å². The van der Waals surface area contributed by atoms with E-state index in [0.717, 1.165) is 37.2 Å². The Kier molecular flexibility index (Phi) is 6.99. The molecule has 0 saturated carbocycles. The molecular formula is C15H26FN3. The van der Waals surface area contributed by atoms with E-state index in [-0.39, 0.29) is 5.82 Å². The van der Waals surface area contributed by atoms with Crippen LogP contribution in [0, 0.1) is 5.82 Å². The average molecular weight is 267 g/mol. The standard InChI is InChI=1S/C15H26FN3/c1-4-7-19(9-8-18(2)3)12-14-6-5-13(11-17)10-15(14)16/h5-6,10H,4,7-9,11-12,17H2,1-3H3. The molecule has 1 aromatic rings. The molecule has 2 N–H and O–H groups in total. The first-order valence-corrected chi connectivity index (χ1v) is 6.91. The monoisotopic (exact) mass is 267 g/mol. The van der Waals surface area contributed by atoms with Crippen molar-refractivity contribution >= 4 is 0 Å². The minimum absolute atomic E-state index is 0.145. The summed E-state index contributed by atoms with van der Waals surface area (Å²) in [7, 11) is 4.11. The summed E-state index contributed by atoms with van der Waals surface area (Å²) in [5, 5.41) is 0. The molecular weight excluding hydrogens is 241 g/mol. The summed E-state index contributed by atoms with van der Waals surface area (Å²) in [5.74, 6) is -0.145. The highest BCUT2D eigenvalue weighted by Crippen LogP contribution is 2.13. The fourth-order valence-corrected chi connectivity index (χ4v) is 2.01. The van der Waals surface area contributed by atoms with Gasteiger partial charge in [0.05, 0.1) is 0 Å². The van der Waals surface area contributed by atoms with Crippen LogP contribution in [0.5, 0.6) is 0 Å². The van der Waals surface area contributed by atoms with Gasteiger partial charge in [-0.3, -0.25) is 4.90 Å². The molecule has 0 amide bonds. The first-order valence-electron chi connectivity index (χ1n) is 6.91. The fraction of sp³-hybridized carbons (Fsp3) is 0.600. The lowest BCUT2D eigenvalue weighted by Gasteiger charge is -2.24. The molecule has 4 heteroatoms. The molecule has 0 atom stereocenters. The van der Waals surface area contributed by atoms with E-state index in [0.29, 0.717) is 13.1 Å². The molecule has 0 fully saturated rings. The van der Waals surface area contributed by atoms with E-state index in [9.17, 15) is 4.39 Å². The third kappa shape index (κ3) is 5.68. The van der Waals surface area contributed by atoms with Crippen molar-refractivity contribution in [2.45, 2.75) is 26.4 Å². The van der Waals surface area contributed by atoms with Crippen LogP contribution in [-0.2, 0) is 13.1 Å². The third-order valence-electron chi connectivity index (χ3n) is 3.15. The zero-order chi connectivity index (χ0) is 14.3. The van der Waals surface area contributed by atoms with Crippen LogP contribution >= 0.6 is 0 Å². The lowest BCUT2D eigenvalue weighted by atomic mass is 10.1. The molecule has 0 saturated heterocycles. The van der Waals surface area contributed by atoms with Gasteiger partial charge in [-0.15, -0.1) is 0 Å². The molecule has 0 bridgehead atoms. The minimum atomic E-state index is -0.145. The van der Waals surface area contributed by atoms with E-state index < -0.39 is 0 Å². The van der Waals surface area contributed by atoms with E-state index in [4.69, 9.17) is 5.73 Å². The van der Waals surface area contributed by atoms with Gasteiger partial charge in [-0.1, -0.05) is 19.1 Å². The Labute approximate surface area is 116 Å². The number of nitrogens with two attached hydrogens (primary N) is 1. The van der Waals surface area contributed by atoms with Crippen LogP contribution < -0.4 is 5.73 Å². The van der Waals surface area contributed by atoms with Gasteiger partial charge in [-0.2, -0.15) is 0 Å². The predicted octanol–water partition coefficient (Wildman–Crippen LogP) is 2.06. The third-order valence-corrected chi connectivity index (χ3v) is 3.15. The van der Waals surface area contributed by atoms with Crippen molar-refractivity contribution in [3.05, 3.63) is 35.1 Å². The molecule has 3 nitrogen and oxygen atoms in total. The maximum Gasteiger partial charge on any atom is 0.128 e. The molecule has 0 unspecified atom stereocenters. The van der Waals surface area contributed by atoms with Crippen LogP contribution in [0.3, 0.4) is 0 Å². The topological polar surface area (TPSA) is 32.5 Å². The molecule has 0 heterocycles. The maximum absolute atomic E-state index is 13.9. The van der Waals surface area contributed by atoms with Crippen LogP contribution in [0.15, 0.2) is 18.2 Å². The number of benzene rings is 1. The highest BCUT2D eigenvalue weighted by atomic mass is 19.1. The predicted molar refractivity (Wildman–Crippen MR) is 78.4 cm³/mol. The molecule has 0 aliphatic heterocycles. The maximum atomic E-state index is 13.9. The van der Waals surface area contributed by atoms with Gasteiger partial charge in [0.25, 0.3) is 0 Å². The van der Waals surface area contributed by atoms with E-state index in [1.807, 2.05) is 12.1 Å². The van der Waals surface area contributed by atoms with Crippen LogP contribution in [0.25, 0.3) is 0 Å². The summed E-state index contributed by atoms with van der Waals surface area (Å²) >= 11 is 0. The second-order valence-electron chi connectivity index (χ2n) is 5.21. The lowest BCUT2D eigenvalue weighted by molar-refractivity contribution is 0.231. The van der Waals surface area contributed by atoms with Gasteiger partial charge < -0.3 is 10.6 Å². The van der Waals surface area contributed by atoms with E-state index in [1.165, 1.54) is 0 Å². The highest BCUT2D eigenvalue weighted by Gasteiger charge is 2.09. The van der Waals surface area contributed by atoms with Gasteiger partial charge in [0.15, 0.2) is 0 Å². The van der Waals surface area contributed by atoms with Crippen LogP contribution in [0.1, 0.15) is 24.5 Å². The second-order valence-corrected chi connectivity index (χ2v) is 5.21. The Bertz CT molecular complexity index is 380. The molecule has 1 aromatic carbocycles. The summed E-state index contributed by atoms with van der Waals surface area (Å²) in [4.78, 5) is 4.44. The van der Waals surface area contributed by atoms with Gasteiger partial charge in [0.1, 0.15) is 5.82 Å². The minimum Gasteiger partial charge on any atom is -0.326 e. The molecule has 108 valence electrons. The van der Waals surface area contributed by atoms with Crippen molar-refractivity contribution in [3.63, 3.8) is 0 Å². The SMILES string of the molecule is CCCN(CCN(C)C)Cc1ccc(CN)cc1F. The Morgan fingerprint density at radius 2 is 1.89 bits per heavy atom. The van der Waals surface area contributed by atoms with Crippen molar-refractivity contribution in [1.82, 2.24) is 9.80 Å². The summed E-state index contributed by atoms with van der Waals surface area (Å²) in [6, 6.07) is 5.32. The first-order chi connectivity index (χ1) is 9.06. The number of nitrogens with zero attached hydrogens (tertiary/aromatic N) is 2. The molecule has 0 radical (unpaired) electrons. The largest absolute Gasteiger partial charge is 0.326 e. The number of hydrogen-bond donors (Lipinski definition) is 1. The summed E-state index contributed by atoms with van der Waals surface area (Å²) in [6.07, 6.45) is 1.08. The average Bonchev–Trinajstić information content (AvgIpc) is 2.38. The smallest absolute Gasteiger partial charge is 0.128 e. The molecule has 0 spiro atoms. The van der Waals surface area contributed by atoms with Gasteiger partial charge in [0, 0.05) is 31.7 Å². The fourth-order valence-electron chi connectivity index (χ4n) is 2.01. The Morgan fingerprint density at radius 3 is 2.42 bits per heavy atom. The van der Waals surface area contributed by atoms with E-state index in [1.54, 1.807) is 6.07 Å². The van der Waals surface area contributed by atoms with Gasteiger partial charge in [-0.25, -0.2) is 4.39 Å². The normalized spacial score (nSPS) is 11.5. The summed E-state index contributed by atoms with van der Waals surface area (Å²) in [5.41, 5.74) is 7.11. The second kappa shape index (κ2) is 8.25. The zero-order valence-corrected chi connectivity index (χ0v) is 12.3. The quantitative estimate of drug-likeness (QED) is 0.782. The van der Waals surface area contributed by atoms with E-state index >= 15 is 0 Å². The van der Waals surface area contributed by atoms with Crippen molar-refractivity contribution in [3.8, 4) is 0 Å². The van der Waals surface area contributed by atoms with Crippen LogP contribution in [0.4, 0.5) is 4.39 Å². The summed E-state index contributed by atoms with van der Waals surface area (Å²) in [6.45, 7) is 6.14. The Hall–Kier alpha value is -0.970. The molecule has 0 aromatic heterocycles. The van der Waals surface area contributed by atoms with Crippen LogP contribution in [-0.4, -0.2) is 43.5 Å². The number of rotatable bonds is 8. The number of likely N-dealkylation sites (N-methyl/N-ethyl adjacent to an activating group) is 1. The zero-order valence-electron chi connectivity index (χ0n) is 12.3. The van der Waals surface area contributed by atoms with Crippen molar-refractivity contribution in [2.75, 3.05) is 33.7 Å². The summed E-state index contributed by atoms with van der Waals surface area (Å²) < 4.78 is 13.9. The number of halogens is 1. The number of hydrogen-bond acceptors (Lipinski definition) is 3. The van der Waals surface area contributed by atoms with Crippen molar-refractivity contribution in [1.29, 1.82) is 0 Å².